The normalized spacial score (nSPS) is 15.3. The largest absolute Gasteiger partial charge is 0.416 e. The molecule has 1 unspecified atom stereocenters. The van der Waals surface area contributed by atoms with Crippen LogP contribution < -0.4 is 10.6 Å². The number of halogens is 5. The van der Waals surface area contributed by atoms with Crippen molar-refractivity contribution in [1.29, 1.82) is 0 Å². The van der Waals surface area contributed by atoms with E-state index in [0.29, 0.717) is 34.9 Å². The van der Waals surface area contributed by atoms with E-state index >= 15 is 0 Å². The van der Waals surface area contributed by atoms with Crippen molar-refractivity contribution < 1.29 is 31.5 Å². The van der Waals surface area contributed by atoms with Crippen molar-refractivity contribution >= 4 is 17.5 Å². The SMILES string of the molecule is Cc1cc(F)ccc1C1NC(=O)c2cccc(NC(=O)c3cc(F)cc(C(F)(F)F)c3)c21. The molecule has 0 saturated carbocycles. The van der Waals surface area contributed by atoms with Crippen LogP contribution in [0.4, 0.5) is 27.6 Å². The first-order valence-electron chi connectivity index (χ1n) is 9.43. The van der Waals surface area contributed by atoms with E-state index in [1.165, 1.54) is 36.4 Å². The number of hydrogen-bond acceptors (Lipinski definition) is 2. The van der Waals surface area contributed by atoms with Crippen LogP contribution in [-0.2, 0) is 6.18 Å². The van der Waals surface area contributed by atoms with Gasteiger partial charge < -0.3 is 10.6 Å². The second-order valence-electron chi connectivity index (χ2n) is 7.35. The summed E-state index contributed by atoms with van der Waals surface area (Å²) < 4.78 is 66.2. The second kappa shape index (κ2) is 7.74. The summed E-state index contributed by atoms with van der Waals surface area (Å²) in [5.41, 5.74) is 0.131. The molecular formula is C23H15F5N2O2. The summed E-state index contributed by atoms with van der Waals surface area (Å²) in [4.78, 5) is 25.1. The van der Waals surface area contributed by atoms with Crippen molar-refractivity contribution in [3.63, 3.8) is 0 Å². The van der Waals surface area contributed by atoms with Gasteiger partial charge >= 0.3 is 6.18 Å². The molecule has 1 heterocycles. The van der Waals surface area contributed by atoms with Gasteiger partial charge in [0.25, 0.3) is 11.8 Å². The Morgan fingerprint density at radius 2 is 1.75 bits per heavy atom. The number of benzene rings is 3. The van der Waals surface area contributed by atoms with Crippen LogP contribution in [0.5, 0.6) is 0 Å². The lowest BCUT2D eigenvalue weighted by atomic mass is 9.93. The molecule has 1 aliphatic heterocycles. The van der Waals surface area contributed by atoms with Gasteiger partial charge in [0.2, 0.25) is 0 Å². The molecule has 4 rings (SSSR count). The lowest BCUT2D eigenvalue weighted by Crippen LogP contribution is -2.21. The smallest absolute Gasteiger partial charge is 0.341 e. The molecule has 4 nitrogen and oxygen atoms in total. The van der Waals surface area contributed by atoms with E-state index in [0.717, 1.165) is 0 Å². The molecule has 9 heteroatoms. The molecule has 1 atom stereocenters. The third-order valence-electron chi connectivity index (χ3n) is 5.19. The zero-order valence-electron chi connectivity index (χ0n) is 16.5. The highest BCUT2D eigenvalue weighted by Gasteiger charge is 2.34. The summed E-state index contributed by atoms with van der Waals surface area (Å²) in [6.07, 6.45) is -4.83. The maximum Gasteiger partial charge on any atom is 0.416 e. The molecule has 0 bridgehead atoms. The van der Waals surface area contributed by atoms with Crippen molar-refractivity contribution in [1.82, 2.24) is 5.32 Å². The van der Waals surface area contributed by atoms with Gasteiger partial charge in [-0.2, -0.15) is 13.2 Å². The molecule has 0 fully saturated rings. The topological polar surface area (TPSA) is 58.2 Å². The zero-order chi connectivity index (χ0) is 23.2. The Bertz CT molecular complexity index is 1250. The fourth-order valence-corrected chi connectivity index (χ4v) is 3.74. The molecule has 0 saturated heterocycles. The first kappa shape index (κ1) is 21.5. The van der Waals surface area contributed by atoms with Crippen molar-refractivity contribution in [3.05, 3.63) is 99.6 Å². The van der Waals surface area contributed by atoms with Gasteiger partial charge in [-0.3, -0.25) is 9.59 Å². The summed E-state index contributed by atoms with van der Waals surface area (Å²) in [6.45, 7) is 1.66. The summed E-state index contributed by atoms with van der Waals surface area (Å²) in [5, 5.41) is 5.24. The van der Waals surface area contributed by atoms with E-state index in [2.05, 4.69) is 10.6 Å². The number of anilines is 1. The Labute approximate surface area is 179 Å². The van der Waals surface area contributed by atoms with Gasteiger partial charge in [0, 0.05) is 22.4 Å². The highest BCUT2D eigenvalue weighted by atomic mass is 19.4. The average Bonchev–Trinajstić information content (AvgIpc) is 3.04. The molecular weight excluding hydrogens is 431 g/mol. The first-order valence-corrected chi connectivity index (χ1v) is 9.43. The lowest BCUT2D eigenvalue weighted by molar-refractivity contribution is -0.137. The molecule has 0 spiro atoms. The summed E-state index contributed by atoms with van der Waals surface area (Å²) >= 11 is 0. The van der Waals surface area contributed by atoms with Crippen LogP contribution in [-0.4, -0.2) is 11.8 Å². The molecule has 1 aliphatic rings. The van der Waals surface area contributed by atoms with Crippen LogP contribution in [0, 0.1) is 18.6 Å². The molecule has 32 heavy (non-hydrogen) atoms. The van der Waals surface area contributed by atoms with Crippen LogP contribution in [0.3, 0.4) is 0 Å². The summed E-state index contributed by atoms with van der Waals surface area (Å²) in [6, 6.07) is 9.37. The van der Waals surface area contributed by atoms with Crippen LogP contribution in [0.15, 0.2) is 54.6 Å². The van der Waals surface area contributed by atoms with E-state index in [9.17, 15) is 31.5 Å². The Balaban J connectivity index is 1.74. The first-order chi connectivity index (χ1) is 15.0. The summed E-state index contributed by atoms with van der Waals surface area (Å²) in [5.74, 6) is -3.06. The number of amides is 2. The van der Waals surface area contributed by atoms with Crippen LogP contribution in [0.1, 0.15) is 49.0 Å². The number of carbonyl (C=O) groups is 2. The lowest BCUT2D eigenvalue weighted by Gasteiger charge is -2.18. The molecule has 2 amide bonds. The number of carbonyl (C=O) groups excluding carboxylic acids is 2. The van der Waals surface area contributed by atoms with Crippen molar-refractivity contribution in [3.8, 4) is 0 Å². The molecule has 3 aromatic carbocycles. The third kappa shape index (κ3) is 3.93. The molecule has 2 N–H and O–H groups in total. The van der Waals surface area contributed by atoms with Crippen LogP contribution in [0.2, 0.25) is 0 Å². The van der Waals surface area contributed by atoms with E-state index in [-0.39, 0.29) is 11.3 Å². The molecule has 0 aromatic heterocycles. The average molecular weight is 446 g/mol. The fourth-order valence-electron chi connectivity index (χ4n) is 3.74. The zero-order valence-corrected chi connectivity index (χ0v) is 16.5. The van der Waals surface area contributed by atoms with Gasteiger partial charge in [0.1, 0.15) is 11.6 Å². The number of hydrogen-bond donors (Lipinski definition) is 2. The number of nitrogens with one attached hydrogen (secondary N) is 2. The maximum absolute atomic E-state index is 13.7. The van der Waals surface area contributed by atoms with Crippen molar-refractivity contribution in [2.45, 2.75) is 19.1 Å². The van der Waals surface area contributed by atoms with E-state index < -0.39 is 46.8 Å². The minimum absolute atomic E-state index is 0.164. The van der Waals surface area contributed by atoms with Crippen LogP contribution in [0.25, 0.3) is 0 Å². The van der Waals surface area contributed by atoms with Gasteiger partial charge in [0.15, 0.2) is 0 Å². The summed E-state index contributed by atoms with van der Waals surface area (Å²) in [7, 11) is 0. The fraction of sp³-hybridized carbons (Fsp3) is 0.130. The van der Waals surface area contributed by atoms with Gasteiger partial charge in [-0.25, -0.2) is 8.78 Å². The van der Waals surface area contributed by atoms with Gasteiger partial charge in [0.05, 0.1) is 11.6 Å². The van der Waals surface area contributed by atoms with E-state index in [1.807, 2.05) is 0 Å². The molecule has 0 aliphatic carbocycles. The number of fused-ring (bicyclic) bond motifs is 1. The molecule has 0 radical (unpaired) electrons. The number of aryl methyl sites for hydroxylation is 1. The number of alkyl halides is 3. The maximum atomic E-state index is 13.7. The highest BCUT2D eigenvalue weighted by molar-refractivity contribution is 6.07. The van der Waals surface area contributed by atoms with Crippen molar-refractivity contribution in [2.24, 2.45) is 0 Å². The predicted molar refractivity (Wildman–Crippen MR) is 106 cm³/mol. The van der Waals surface area contributed by atoms with E-state index in [1.54, 1.807) is 6.92 Å². The quantitative estimate of drug-likeness (QED) is 0.531. The third-order valence-corrected chi connectivity index (χ3v) is 5.19. The number of rotatable bonds is 3. The Morgan fingerprint density at radius 1 is 1.00 bits per heavy atom. The van der Waals surface area contributed by atoms with Gasteiger partial charge in [-0.1, -0.05) is 12.1 Å². The Hall–Kier alpha value is -3.75. The predicted octanol–water partition coefficient (Wildman–Crippen LogP) is 5.38. The Kier molecular flexibility index (Phi) is 5.20. The second-order valence-corrected chi connectivity index (χ2v) is 7.35. The molecule has 164 valence electrons. The van der Waals surface area contributed by atoms with E-state index in [4.69, 9.17) is 0 Å². The highest BCUT2D eigenvalue weighted by Crippen LogP contribution is 2.38. The monoisotopic (exact) mass is 446 g/mol. The Morgan fingerprint density at radius 3 is 2.44 bits per heavy atom. The minimum atomic E-state index is -4.83. The van der Waals surface area contributed by atoms with Crippen LogP contribution >= 0.6 is 0 Å². The van der Waals surface area contributed by atoms with Gasteiger partial charge in [-0.05, 0) is 60.5 Å². The van der Waals surface area contributed by atoms with Crippen molar-refractivity contribution in [2.75, 3.05) is 5.32 Å². The van der Waals surface area contributed by atoms with Gasteiger partial charge in [-0.15, -0.1) is 0 Å². The standard InChI is InChI=1S/C23H15F5N2O2/c1-11-7-14(24)5-6-16(11)20-19-17(22(32)30-20)3-2-4-18(19)29-21(31)12-8-13(23(26,27)28)10-15(25)9-12/h2-10,20H,1H3,(H,29,31)(H,30,32). The minimum Gasteiger partial charge on any atom is -0.341 e. The molecule has 3 aromatic rings.